The summed E-state index contributed by atoms with van der Waals surface area (Å²) >= 11 is 0. The normalized spacial score (nSPS) is 12.6. The lowest BCUT2D eigenvalue weighted by Crippen LogP contribution is -2.53. The van der Waals surface area contributed by atoms with E-state index in [1.165, 1.54) is 0 Å². The second-order valence-corrected chi connectivity index (χ2v) is 6.62. The van der Waals surface area contributed by atoms with Crippen LogP contribution in [0.3, 0.4) is 0 Å². The molecule has 0 aromatic carbocycles. The molecule has 0 saturated heterocycles. The summed E-state index contributed by atoms with van der Waals surface area (Å²) in [5.41, 5.74) is -1.93. The number of nitrogens with zero attached hydrogens (tertiary/aromatic N) is 2. The van der Waals surface area contributed by atoms with Gasteiger partial charge in [0.05, 0.1) is 6.54 Å². The third kappa shape index (κ3) is 7.96. The van der Waals surface area contributed by atoms with Gasteiger partial charge in [0, 0.05) is 0 Å². The zero-order valence-electron chi connectivity index (χ0n) is 14.1. The number of carboxylic acids is 1. The zero-order valence-corrected chi connectivity index (χ0v) is 14.1. The number of carbonyl (C=O) groups excluding carboxylic acids is 3. The molecule has 0 aromatic rings. The van der Waals surface area contributed by atoms with Crippen LogP contribution in [-0.2, 0) is 19.1 Å². The van der Waals surface area contributed by atoms with E-state index < -0.39 is 41.9 Å². The third-order valence-electron chi connectivity index (χ3n) is 2.11. The van der Waals surface area contributed by atoms with Crippen LogP contribution in [0.25, 0.3) is 0 Å². The lowest BCUT2D eigenvalue weighted by molar-refractivity contribution is -0.142. The topological polar surface area (TPSA) is 123 Å². The summed E-state index contributed by atoms with van der Waals surface area (Å²) in [6, 6.07) is -1.75. The molecule has 0 heterocycles. The Kier molecular flexibility index (Phi) is 6.92. The van der Waals surface area contributed by atoms with Gasteiger partial charge < -0.3 is 14.6 Å². The SMILES string of the molecule is CC(C)(C)OC(=O)N(C(=O)OC(C)(C)C)[C@@H](CN=C=O)C(=O)O. The van der Waals surface area contributed by atoms with Crippen molar-refractivity contribution in [3.63, 3.8) is 0 Å². The number of aliphatic imine (C=N–C) groups is 1. The third-order valence-corrected chi connectivity index (χ3v) is 2.11. The Bertz CT molecular complexity index is 482. The highest BCUT2D eigenvalue weighted by Gasteiger charge is 2.40. The van der Waals surface area contributed by atoms with E-state index in [1.807, 2.05) is 0 Å². The molecule has 0 aliphatic rings. The molecule has 0 fully saturated rings. The standard InChI is InChI=1S/C14H22N2O7/c1-13(2,3)22-11(20)16(12(21)23-14(4,5)6)9(10(18)19)7-15-8-17/h9H,7H2,1-6H3,(H,18,19)/t9-/m0/s1. The first-order valence-electron chi connectivity index (χ1n) is 6.80. The number of isocyanates is 1. The maximum atomic E-state index is 12.2. The molecule has 0 bridgehead atoms. The molecule has 23 heavy (non-hydrogen) atoms. The maximum Gasteiger partial charge on any atom is 0.420 e. The molecule has 9 heteroatoms. The molecule has 130 valence electrons. The van der Waals surface area contributed by atoms with E-state index in [9.17, 15) is 24.3 Å². The molecule has 0 aromatic heterocycles. The predicted molar refractivity (Wildman–Crippen MR) is 78.7 cm³/mol. The molecule has 0 aliphatic carbocycles. The van der Waals surface area contributed by atoms with E-state index in [2.05, 4.69) is 4.99 Å². The van der Waals surface area contributed by atoms with Crippen molar-refractivity contribution in [2.75, 3.05) is 6.54 Å². The summed E-state index contributed by atoms with van der Waals surface area (Å²) in [5, 5.41) is 9.22. The van der Waals surface area contributed by atoms with E-state index in [-0.39, 0.29) is 0 Å². The number of imide groups is 1. The lowest BCUT2D eigenvalue weighted by atomic mass is 10.2. The summed E-state index contributed by atoms with van der Waals surface area (Å²) in [6.45, 7) is 8.66. The van der Waals surface area contributed by atoms with Crippen LogP contribution in [0.4, 0.5) is 9.59 Å². The summed E-state index contributed by atoms with van der Waals surface area (Å²) in [4.78, 5) is 49.4. The van der Waals surface area contributed by atoms with E-state index in [4.69, 9.17) is 9.47 Å². The van der Waals surface area contributed by atoms with Gasteiger partial charge in [0.15, 0.2) is 6.04 Å². The molecular weight excluding hydrogens is 308 g/mol. The molecule has 2 amide bonds. The summed E-state index contributed by atoms with van der Waals surface area (Å²) < 4.78 is 10.1. The molecule has 0 spiro atoms. The molecular formula is C14H22N2O7. The fourth-order valence-corrected chi connectivity index (χ4v) is 1.35. The summed E-state index contributed by atoms with van der Waals surface area (Å²) in [6.07, 6.45) is -1.25. The number of carboxylic acid groups (broad SMARTS) is 1. The van der Waals surface area contributed by atoms with Crippen LogP contribution in [0.1, 0.15) is 41.5 Å². The van der Waals surface area contributed by atoms with Gasteiger partial charge in [0.1, 0.15) is 11.2 Å². The molecule has 0 rings (SSSR count). The van der Waals surface area contributed by atoms with Crippen molar-refractivity contribution in [2.24, 2.45) is 4.99 Å². The molecule has 0 radical (unpaired) electrons. The molecule has 9 nitrogen and oxygen atoms in total. The maximum absolute atomic E-state index is 12.2. The average Bonchev–Trinajstić information content (AvgIpc) is 2.28. The van der Waals surface area contributed by atoms with Crippen molar-refractivity contribution in [3.05, 3.63) is 0 Å². The van der Waals surface area contributed by atoms with E-state index in [0.717, 1.165) is 6.08 Å². The molecule has 0 unspecified atom stereocenters. The molecule has 1 atom stereocenters. The van der Waals surface area contributed by atoms with Gasteiger partial charge in [-0.1, -0.05) is 0 Å². The van der Waals surface area contributed by atoms with Gasteiger partial charge in [0.25, 0.3) is 0 Å². The lowest BCUT2D eigenvalue weighted by Gasteiger charge is -2.30. The van der Waals surface area contributed by atoms with Gasteiger partial charge in [0.2, 0.25) is 6.08 Å². The van der Waals surface area contributed by atoms with E-state index in [0.29, 0.717) is 4.90 Å². The van der Waals surface area contributed by atoms with Gasteiger partial charge >= 0.3 is 18.2 Å². The Morgan fingerprint density at radius 3 is 1.70 bits per heavy atom. The minimum Gasteiger partial charge on any atom is -0.480 e. The Balaban J connectivity index is 5.66. The Morgan fingerprint density at radius 1 is 1.04 bits per heavy atom. The van der Waals surface area contributed by atoms with Gasteiger partial charge in [-0.25, -0.2) is 24.2 Å². The minimum atomic E-state index is -1.75. The highest BCUT2D eigenvalue weighted by Crippen LogP contribution is 2.17. The van der Waals surface area contributed by atoms with Crippen molar-refractivity contribution < 1.29 is 33.8 Å². The monoisotopic (exact) mass is 330 g/mol. The summed E-state index contributed by atoms with van der Waals surface area (Å²) in [5.74, 6) is -1.54. The van der Waals surface area contributed by atoms with Gasteiger partial charge in [-0.05, 0) is 41.5 Å². The molecule has 0 saturated carbocycles. The van der Waals surface area contributed by atoms with Crippen LogP contribution >= 0.6 is 0 Å². The zero-order chi connectivity index (χ0) is 18.4. The van der Waals surface area contributed by atoms with Crippen molar-refractivity contribution in [1.29, 1.82) is 0 Å². The van der Waals surface area contributed by atoms with Crippen molar-refractivity contribution in [2.45, 2.75) is 58.8 Å². The Hall–Kier alpha value is -2.41. The first-order chi connectivity index (χ1) is 10.3. The van der Waals surface area contributed by atoms with Crippen LogP contribution in [0.2, 0.25) is 0 Å². The number of rotatable bonds is 4. The van der Waals surface area contributed by atoms with Crippen LogP contribution in [0.5, 0.6) is 0 Å². The van der Waals surface area contributed by atoms with Crippen LogP contribution < -0.4 is 0 Å². The van der Waals surface area contributed by atoms with E-state index in [1.54, 1.807) is 41.5 Å². The smallest absolute Gasteiger partial charge is 0.420 e. The number of hydrogen-bond acceptors (Lipinski definition) is 7. The quantitative estimate of drug-likeness (QED) is 0.617. The first-order valence-corrected chi connectivity index (χ1v) is 6.80. The summed E-state index contributed by atoms with van der Waals surface area (Å²) in [7, 11) is 0. The fourth-order valence-electron chi connectivity index (χ4n) is 1.35. The Morgan fingerprint density at radius 2 is 1.43 bits per heavy atom. The van der Waals surface area contributed by atoms with Crippen molar-refractivity contribution >= 4 is 24.2 Å². The fraction of sp³-hybridized carbons (Fsp3) is 0.714. The second-order valence-electron chi connectivity index (χ2n) is 6.62. The van der Waals surface area contributed by atoms with Crippen molar-refractivity contribution in [3.8, 4) is 0 Å². The minimum absolute atomic E-state index is 0.291. The molecule has 0 aliphatic heterocycles. The second kappa shape index (κ2) is 7.73. The Labute approximate surface area is 134 Å². The first kappa shape index (κ1) is 20.6. The van der Waals surface area contributed by atoms with Crippen LogP contribution in [0.15, 0.2) is 4.99 Å². The van der Waals surface area contributed by atoms with E-state index >= 15 is 0 Å². The number of carbonyl (C=O) groups is 3. The highest BCUT2D eigenvalue weighted by atomic mass is 16.6. The highest BCUT2D eigenvalue weighted by molar-refractivity contribution is 5.93. The average molecular weight is 330 g/mol. The van der Waals surface area contributed by atoms with Gasteiger partial charge in [-0.15, -0.1) is 0 Å². The largest absolute Gasteiger partial charge is 0.480 e. The number of aliphatic carboxylic acids is 1. The number of amides is 2. The van der Waals surface area contributed by atoms with Crippen LogP contribution in [-0.4, -0.2) is 58.0 Å². The van der Waals surface area contributed by atoms with Gasteiger partial charge in [-0.3, -0.25) is 0 Å². The number of ether oxygens (including phenoxy) is 2. The van der Waals surface area contributed by atoms with Gasteiger partial charge in [-0.2, -0.15) is 4.90 Å². The predicted octanol–water partition coefficient (Wildman–Crippen LogP) is 1.95. The van der Waals surface area contributed by atoms with Crippen LogP contribution in [0, 0.1) is 0 Å². The number of hydrogen-bond donors (Lipinski definition) is 1. The van der Waals surface area contributed by atoms with Crippen molar-refractivity contribution in [1.82, 2.24) is 4.90 Å². The molecule has 1 N–H and O–H groups in total.